The Morgan fingerprint density at radius 2 is 1.62 bits per heavy atom. The standard InChI is InChI=1S/C24H30N4O/c25-24(21-10-6-5-7-11-21)27-22-12-14-23(15-13-22)29-19-9-4-2-1-3-8-17-28-18-16-26-20-28/h5-7,10-16,18,20H,1-4,8-9,17,19H2,(H2,25,27). The lowest BCUT2D eigenvalue weighted by Gasteiger charge is -2.07. The van der Waals surface area contributed by atoms with Gasteiger partial charge in [0.1, 0.15) is 11.6 Å². The summed E-state index contributed by atoms with van der Waals surface area (Å²) in [5, 5.41) is 0. The molecule has 2 aromatic carbocycles. The molecule has 5 nitrogen and oxygen atoms in total. The Hall–Kier alpha value is -3.08. The van der Waals surface area contributed by atoms with Gasteiger partial charge in [-0.15, -0.1) is 0 Å². The number of hydrogen-bond acceptors (Lipinski definition) is 3. The van der Waals surface area contributed by atoms with E-state index in [4.69, 9.17) is 10.5 Å². The number of aryl methyl sites for hydroxylation is 1. The maximum atomic E-state index is 6.06. The fraction of sp³-hybridized carbons (Fsp3) is 0.333. The minimum atomic E-state index is 0.518. The van der Waals surface area contributed by atoms with Crippen LogP contribution in [0.2, 0.25) is 0 Å². The van der Waals surface area contributed by atoms with Gasteiger partial charge in [0.15, 0.2) is 0 Å². The number of hydrogen-bond donors (Lipinski definition) is 1. The van der Waals surface area contributed by atoms with Gasteiger partial charge in [0, 0.05) is 24.5 Å². The first kappa shape index (κ1) is 20.6. The lowest BCUT2D eigenvalue weighted by atomic mass is 10.1. The number of aromatic nitrogens is 2. The van der Waals surface area contributed by atoms with Gasteiger partial charge in [0.2, 0.25) is 0 Å². The monoisotopic (exact) mass is 390 g/mol. The quantitative estimate of drug-likeness (QED) is 0.258. The van der Waals surface area contributed by atoms with E-state index in [1.807, 2.05) is 73.3 Å². The molecule has 0 saturated carbocycles. The van der Waals surface area contributed by atoms with E-state index in [-0.39, 0.29) is 0 Å². The fourth-order valence-corrected chi connectivity index (χ4v) is 3.14. The van der Waals surface area contributed by atoms with Gasteiger partial charge in [-0.1, -0.05) is 56.0 Å². The molecule has 29 heavy (non-hydrogen) atoms. The minimum Gasteiger partial charge on any atom is -0.494 e. The summed E-state index contributed by atoms with van der Waals surface area (Å²) in [6.45, 7) is 1.82. The second-order valence-electron chi connectivity index (χ2n) is 7.13. The average molecular weight is 391 g/mol. The van der Waals surface area contributed by atoms with Gasteiger partial charge in [-0.2, -0.15) is 0 Å². The number of benzene rings is 2. The number of rotatable bonds is 12. The van der Waals surface area contributed by atoms with Crippen molar-refractivity contribution in [2.45, 2.75) is 45.1 Å². The number of imidazole rings is 1. The fourth-order valence-electron chi connectivity index (χ4n) is 3.14. The number of amidine groups is 1. The molecule has 152 valence electrons. The molecule has 0 fully saturated rings. The predicted octanol–water partition coefficient (Wildman–Crippen LogP) is 5.34. The van der Waals surface area contributed by atoms with Gasteiger partial charge in [-0.05, 0) is 37.1 Å². The van der Waals surface area contributed by atoms with E-state index in [2.05, 4.69) is 14.5 Å². The number of unbranched alkanes of at least 4 members (excludes halogenated alkanes) is 5. The zero-order valence-electron chi connectivity index (χ0n) is 16.9. The van der Waals surface area contributed by atoms with Gasteiger partial charge >= 0.3 is 0 Å². The van der Waals surface area contributed by atoms with Crippen LogP contribution < -0.4 is 10.5 Å². The van der Waals surface area contributed by atoms with E-state index in [0.717, 1.165) is 36.6 Å². The normalized spacial score (nSPS) is 11.5. The summed E-state index contributed by atoms with van der Waals surface area (Å²) >= 11 is 0. The first-order chi connectivity index (χ1) is 14.3. The lowest BCUT2D eigenvalue weighted by Crippen LogP contribution is -2.12. The highest BCUT2D eigenvalue weighted by molar-refractivity contribution is 5.98. The summed E-state index contributed by atoms with van der Waals surface area (Å²) in [5.41, 5.74) is 7.82. The van der Waals surface area contributed by atoms with Gasteiger partial charge in [0.25, 0.3) is 0 Å². The van der Waals surface area contributed by atoms with Crippen molar-refractivity contribution in [3.05, 3.63) is 78.9 Å². The third kappa shape index (κ3) is 7.45. The van der Waals surface area contributed by atoms with Crippen LogP contribution in [0.3, 0.4) is 0 Å². The van der Waals surface area contributed by atoms with Crippen molar-refractivity contribution in [2.24, 2.45) is 10.7 Å². The van der Waals surface area contributed by atoms with Crippen molar-refractivity contribution in [3.63, 3.8) is 0 Å². The molecule has 3 aromatic rings. The summed E-state index contributed by atoms with van der Waals surface area (Å²) in [6, 6.07) is 17.6. The molecule has 2 N–H and O–H groups in total. The predicted molar refractivity (Wildman–Crippen MR) is 119 cm³/mol. The van der Waals surface area contributed by atoms with E-state index in [0.29, 0.717) is 5.84 Å². The molecule has 0 aliphatic carbocycles. The first-order valence-corrected chi connectivity index (χ1v) is 10.4. The summed E-state index contributed by atoms with van der Waals surface area (Å²) in [7, 11) is 0. The van der Waals surface area contributed by atoms with Crippen molar-refractivity contribution >= 4 is 11.5 Å². The molecule has 0 aliphatic heterocycles. The molecular weight excluding hydrogens is 360 g/mol. The molecule has 3 rings (SSSR count). The van der Waals surface area contributed by atoms with Crippen molar-refractivity contribution in [1.82, 2.24) is 9.55 Å². The highest BCUT2D eigenvalue weighted by atomic mass is 16.5. The van der Waals surface area contributed by atoms with Gasteiger partial charge in [-0.3, -0.25) is 0 Å². The largest absolute Gasteiger partial charge is 0.494 e. The number of nitrogens with two attached hydrogens (primary N) is 1. The number of nitrogens with zero attached hydrogens (tertiary/aromatic N) is 3. The van der Waals surface area contributed by atoms with E-state index in [1.165, 1.54) is 32.1 Å². The molecule has 0 atom stereocenters. The molecule has 0 unspecified atom stereocenters. The summed E-state index contributed by atoms with van der Waals surface area (Å²) in [5.74, 6) is 1.40. The zero-order valence-corrected chi connectivity index (χ0v) is 16.9. The molecule has 0 bridgehead atoms. The molecule has 0 saturated heterocycles. The summed E-state index contributed by atoms with van der Waals surface area (Å²) < 4.78 is 7.98. The van der Waals surface area contributed by atoms with Crippen LogP contribution in [-0.2, 0) is 6.54 Å². The minimum absolute atomic E-state index is 0.518. The summed E-state index contributed by atoms with van der Waals surface area (Å²) in [6.07, 6.45) is 13.1. The van der Waals surface area contributed by atoms with Crippen LogP contribution >= 0.6 is 0 Å². The Labute approximate surface area is 173 Å². The van der Waals surface area contributed by atoms with E-state index in [9.17, 15) is 0 Å². The lowest BCUT2D eigenvalue weighted by molar-refractivity contribution is 0.304. The number of aliphatic imine (C=N–C) groups is 1. The Kier molecular flexibility index (Phi) is 8.33. The van der Waals surface area contributed by atoms with E-state index < -0.39 is 0 Å². The van der Waals surface area contributed by atoms with Crippen LogP contribution in [0.4, 0.5) is 5.69 Å². The van der Waals surface area contributed by atoms with Crippen LogP contribution in [-0.4, -0.2) is 22.0 Å². The molecule has 0 aliphatic rings. The zero-order chi connectivity index (χ0) is 20.2. The number of ether oxygens (including phenoxy) is 1. The average Bonchev–Trinajstić information content (AvgIpc) is 3.28. The summed E-state index contributed by atoms with van der Waals surface area (Å²) in [4.78, 5) is 8.53. The van der Waals surface area contributed by atoms with E-state index >= 15 is 0 Å². The highest BCUT2D eigenvalue weighted by Crippen LogP contribution is 2.19. The van der Waals surface area contributed by atoms with Crippen LogP contribution in [0.15, 0.2) is 78.3 Å². The van der Waals surface area contributed by atoms with E-state index in [1.54, 1.807) is 0 Å². The van der Waals surface area contributed by atoms with Crippen LogP contribution in [0, 0.1) is 0 Å². The molecule has 0 spiro atoms. The maximum absolute atomic E-state index is 6.06. The highest BCUT2D eigenvalue weighted by Gasteiger charge is 1.99. The third-order valence-corrected chi connectivity index (χ3v) is 4.79. The van der Waals surface area contributed by atoms with Crippen LogP contribution in [0.1, 0.15) is 44.1 Å². The molecule has 0 radical (unpaired) electrons. The first-order valence-electron chi connectivity index (χ1n) is 10.4. The van der Waals surface area contributed by atoms with Gasteiger partial charge in [0.05, 0.1) is 18.6 Å². The van der Waals surface area contributed by atoms with Crippen LogP contribution in [0.5, 0.6) is 5.75 Å². The van der Waals surface area contributed by atoms with Crippen LogP contribution in [0.25, 0.3) is 0 Å². The molecule has 1 heterocycles. The Balaban J connectivity index is 1.27. The SMILES string of the molecule is NC(=Nc1ccc(OCCCCCCCCn2ccnc2)cc1)c1ccccc1. The Morgan fingerprint density at radius 1 is 0.897 bits per heavy atom. The second kappa shape index (κ2) is 11.7. The van der Waals surface area contributed by atoms with Crippen molar-refractivity contribution in [1.29, 1.82) is 0 Å². The Bertz CT molecular complexity index is 842. The molecule has 1 aromatic heterocycles. The maximum Gasteiger partial charge on any atom is 0.131 e. The molecular formula is C24H30N4O. The van der Waals surface area contributed by atoms with Gasteiger partial charge < -0.3 is 15.0 Å². The van der Waals surface area contributed by atoms with Gasteiger partial charge in [-0.25, -0.2) is 9.98 Å². The Morgan fingerprint density at radius 3 is 2.34 bits per heavy atom. The van der Waals surface area contributed by atoms with Crippen molar-refractivity contribution < 1.29 is 4.74 Å². The van der Waals surface area contributed by atoms with Crippen molar-refractivity contribution in [3.8, 4) is 5.75 Å². The molecule has 0 amide bonds. The topological polar surface area (TPSA) is 65.4 Å². The third-order valence-electron chi connectivity index (χ3n) is 4.79. The molecule has 5 heteroatoms. The second-order valence-corrected chi connectivity index (χ2v) is 7.13. The van der Waals surface area contributed by atoms with Crippen molar-refractivity contribution in [2.75, 3.05) is 6.61 Å². The smallest absolute Gasteiger partial charge is 0.131 e.